The van der Waals surface area contributed by atoms with E-state index in [1.165, 1.54) is 23.9 Å². The normalized spacial score (nSPS) is 16.9. The van der Waals surface area contributed by atoms with Gasteiger partial charge in [0.1, 0.15) is 17.7 Å². The number of thioether (sulfide) groups is 1. The summed E-state index contributed by atoms with van der Waals surface area (Å²) >= 11 is 1.39. The molecule has 0 spiro atoms. The van der Waals surface area contributed by atoms with Crippen molar-refractivity contribution in [3.63, 3.8) is 0 Å². The third-order valence-electron chi connectivity index (χ3n) is 4.83. The summed E-state index contributed by atoms with van der Waals surface area (Å²) in [4.78, 5) is 27.1. The zero-order chi connectivity index (χ0) is 19.0. The Labute approximate surface area is 161 Å². The number of amides is 1. The summed E-state index contributed by atoms with van der Waals surface area (Å²) in [7, 11) is 0. The van der Waals surface area contributed by atoms with Gasteiger partial charge in [-0.3, -0.25) is 9.59 Å². The van der Waals surface area contributed by atoms with Gasteiger partial charge >= 0.3 is 0 Å². The first-order valence-corrected chi connectivity index (χ1v) is 10.0. The van der Waals surface area contributed by atoms with Crippen LogP contribution in [0.3, 0.4) is 0 Å². The topological polar surface area (TPSA) is 51.5 Å². The second-order valence-corrected chi connectivity index (χ2v) is 8.10. The van der Waals surface area contributed by atoms with Crippen molar-refractivity contribution in [2.24, 2.45) is 0 Å². The van der Waals surface area contributed by atoms with Crippen molar-refractivity contribution in [3.05, 3.63) is 58.3 Å². The van der Waals surface area contributed by atoms with Crippen LogP contribution in [0.2, 0.25) is 0 Å². The van der Waals surface area contributed by atoms with Crippen molar-refractivity contribution in [3.8, 4) is 5.75 Å². The molecular weight excluding hydrogens is 367 g/mol. The van der Waals surface area contributed by atoms with Crippen LogP contribution in [0.1, 0.15) is 24.6 Å². The highest BCUT2D eigenvalue weighted by atomic mass is 32.2. The molecule has 2 aliphatic rings. The van der Waals surface area contributed by atoms with Gasteiger partial charge in [0.25, 0.3) is 5.56 Å². The van der Waals surface area contributed by atoms with Crippen molar-refractivity contribution >= 4 is 17.7 Å². The molecular formula is C20H21FN2O3S. The molecule has 1 aromatic heterocycles. The maximum Gasteiger partial charge on any atom is 0.254 e. The fraction of sp³-hybridized carbons (Fsp3) is 0.400. The Morgan fingerprint density at radius 3 is 2.56 bits per heavy atom. The third-order valence-corrected chi connectivity index (χ3v) is 5.82. The van der Waals surface area contributed by atoms with E-state index in [9.17, 15) is 14.0 Å². The predicted octanol–water partition coefficient (Wildman–Crippen LogP) is 3.01. The number of benzene rings is 1. The number of ether oxygens (including phenoxy) is 1. The van der Waals surface area contributed by atoms with Gasteiger partial charge in [-0.1, -0.05) is 0 Å². The number of aromatic nitrogens is 1. The predicted molar refractivity (Wildman–Crippen MR) is 102 cm³/mol. The fourth-order valence-corrected chi connectivity index (χ4v) is 4.03. The van der Waals surface area contributed by atoms with Gasteiger partial charge in [0, 0.05) is 22.7 Å². The van der Waals surface area contributed by atoms with E-state index >= 15 is 0 Å². The molecule has 1 aromatic carbocycles. The van der Waals surface area contributed by atoms with Crippen LogP contribution < -0.4 is 10.3 Å². The van der Waals surface area contributed by atoms with Gasteiger partial charge in [0.2, 0.25) is 5.91 Å². The Bertz CT molecular complexity index is 902. The lowest BCUT2D eigenvalue weighted by Gasteiger charge is -2.39. The Morgan fingerprint density at radius 2 is 1.93 bits per heavy atom. The van der Waals surface area contributed by atoms with Crippen molar-refractivity contribution in [2.45, 2.75) is 36.8 Å². The van der Waals surface area contributed by atoms with Gasteiger partial charge in [-0.2, -0.15) is 0 Å². The van der Waals surface area contributed by atoms with Crippen LogP contribution >= 0.6 is 11.8 Å². The second kappa shape index (κ2) is 7.38. The molecule has 1 amide bonds. The minimum absolute atomic E-state index is 0.0181. The van der Waals surface area contributed by atoms with E-state index in [4.69, 9.17) is 4.74 Å². The minimum Gasteiger partial charge on any atom is -0.486 e. The molecule has 1 aliphatic heterocycles. The lowest BCUT2D eigenvalue weighted by Crippen LogP contribution is -2.56. The average Bonchev–Trinajstić information content (AvgIpc) is 3.41. The molecule has 2 fully saturated rings. The fourth-order valence-electron chi connectivity index (χ4n) is 3.23. The molecule has 4 rings (SSSR count). The number of carbonyl (C=O) groups excluding carboxylic acids is 1. The molecule has 1 saturated heterocycles. The highest BCUT2D eigenvalue weighted by Gasteiger charge is 2.32. The summed E-state index contributed by atoms with van der Waals surface area (Å²) in [6.45, 7) is 2.97. The lowest BCUT2D eigenvalue weighted by molar-refractivity contribution is -0.137. The summed E-state index contributed by atoms with van der Waals surface area (Å²) < 4.78 is 20.6. The maximum atomic E-state index is 12.9. The zero-order valence-electron chi connectivity index (χ0n) is 15.1. The lowest BCUT2D eigenvalue weighted by atomic mass is 10.1. The van der Waals surface area contributed by atoms with Crippen LogP contribution in [-0.2, 0) is 4.79 Å². The van der Waals surface area contributed by atoms with Gasteiger partial charge in [-0.15, -0.1) is 11.8 Å². The first-order valence-electron chi connectivity index (χ1n) is 9.05. The quantitative estimate of drug-likeness (QED) is 0.714. The molecule has 27 heavy (non-hydrogen) atoms. The highest BCUT2D eigenvalue weighted by molar-refractivity contribution is 8.00. The van der Waals surface area contributed by atoms with Crippen LogP contribution in [0.25, 0.3) is 0 Å². The number of rotatable bonds is 6. The number of aryl methyl sites for hydroxylation is 1. The molecule has 7 heteroatoms. The zero-order valence-corrected chi connectivity index (χ0v) is 15.9. The number of hydrogen-bond acceptors (Lipinski definition) is 4. The molecule has 1 saturated carbocycles. The van der Waals surface area contributed by atoms with Gasteiger partial charge in [0.05, 0.1) is 18.8 Å². The van der Waals surface area contributed by atoms with E-state index in [0.29, 0.717) is 30.6 Å². The molecule has 5 nitrogen and oxygen atoms in total. The van der Waals surface area contributed by atoms with Gasteiger partial charge in [-0.25, -0.2) is 4.39 Å². The maximum absolute atomic E-state index is 12.9. The first kappa shape index (κ1) is 18.1. The van der Waals surface area contributed by atoms with E-state index in [0.717, 1.165) is 23.4 Å². The molecule has 2 heterocycles. The van der Waals surface area contributed by atoms with E-state index in [2.05, 4.69) is 0 Å². The summed E-state index contributed by atoms with van der Waals surface area (Å²) in [5.41, 5.74) is 0.901. The van der Waals surface area contributed by atoms with Crippen LogP contribution in [0, 0.1) is 12.7 Å². The summed E-state index contributed by atoms with van der Waals surface area (Å²) in [5.74, 6) is 0.639. The monoisotopic (exact) mass is 388 g/mol. The van der Waals surface area contributed by atoms with Crippen LogP contribution in [-0.4, -0.2) is 40.3 Å². The number of hydrogen-bond donors (Lipinski definition) is 0. The Kier molecular flexibility index (Phi) is 4.95. The standard InChI is InChI=1S/C20H21FN2O3S/c1-13-8-16(9-19(24)23(13)15-4-5-15)26-17-10-22(11-17)20(25)12-27-18-6-2-14(21)3-7-18/h2-3,6-9,15,17H,4-5,10-12H2,1H3. The molecule has 0 N–H and O–H groups in total. The van der Waals surface area contributed by atoms with E-state index in [1.54, 1.807) is 23.1 Å². The number of nitrogens with zero attached hydrogens (tertiary/aromatic N) is 2. The molecule has 0 bridgehead atoms. The van der Waals surface area contributed by atoms with E-state index < -0.39 is 0 Å². The van der Waals surface area contributed by atoms with E-state index in [-0.39, 0.29) is 23.4 Å². The second-order valence-electron chi connectivity index (χ2n) is 7.05. The summed E-state index contributed by atoms with van der Waals surface area (Å²) in [6.07, 6.45) is 2.05. The number of pyridine rings is 1. The third kappa shape index (κ3) is 4.18. The van der Waals surface area contributed by atoms with Gasteiger partial charge in [0.15, 0.2) is 0 Å². The Hall–Kier alpha value is -2.28. The average molecular weight is 388 g/mol. The molecule has 0 unspecified atom stereocenters. The molecule has 2 aromatic rings. The first-order chi connectivity index (χ1) is 13.0. The smallest absolute Gasteiger partial charge is 0.254 e. The molecule has 1 aliphatic carbocycles. The summed E-state index contributed by atoms with van der Waals surface area (Å²) in [5, 5.41) is 0. The SMILES string of the molecule is Cc1cc(OC2CN(C(=O)CSc3ccc(F)cc3)C2)cc(=O)n1C1CC1. The van der Waals surface area contributed by atoms with Crippen LogP contribution in [0.15, 0.2) is 46.1 Å². The molecule has 142 valence electrons. The Morgan fingerprint density at radius 1 is 1.22 bits per heavy atom. The minimum atomic E-state index is -0.284. The Balaban J connectivity index is 1.26. The molecule has 0 radical (unpaired) electrons. The number of halogens is 1. The van der Waals surface area contributed by atoms with Crippen LogP contribution in [0.4, 0.5) is 4.39 Å². The summed E-state index contributed by atoms with van der Waals surface area (Å²) in [6, 6.07) is 9.90. The molecule has 0 atom stereocenters. The largest absolute Gasteiger partial charge is 0.486 e. The number of carbonyl (C=O) groups is 1. The van der Waals surface area contributed by atoms with Crippen molar-refractivity contribution in [1.29, 1.82) is 0 Å². The highest BCUT2D eigenvalue weighted by Crippen LogP contribution is 2.35. The van der Waals surface area contributed by atoms with Gasteiger partial charge < -0.3 is 14.2 Å². The number of likely N-dealkylation sites (tertiary alicyclic amines) is 1. The van der Waals surface area contributed by atoms with Crippen LogP contribution in [0.5, 0.6) is 5.75 Å². The van der Waals surface area contributed by atoms with Crippen molar-refractivity contribution in [1.82, 2.24) is 9.47 Å². The van der Waals surface area contributed by atoms with Crippen molar-refractivity contribution < 1.29 is 13.9 Å². The van der Waals surface area contributed by atoms with Crippen molar-refractivity contribution in [2.75, 3.05) is 18.8 Å². The van der Waals surface area contributed by atoms with E-state index in [1.807, 2.05) is 17.6 Å². The van der Waals surface area contributed by atoms with Gasteiger partial charge in [-0.05, 0) is 50.1 Å².